The molecule has 0 bridgehead atoms. The maximum Gasteiger partial charge on any atom is 0.127 e. The Balaban J connectivity index is 2.64. The number of aromatic nitrogens is 1. The lowest BCUT2D eigenvalue weighted by atomic mass is 10.0. The topological polar surface area (TPSA) is 32.9 Å². The molecule has 1 aromatic heterocycles. The predicted octanol–water partition coefficient (Wildman–Crippen LogP) is 2.47. The molecule has 0 aliphatic carbocycles. The first-order valence-corrected chi connectivity index (χ1v) is 4.34. The highest BCUT2D eigenvalue weighted by Gasteiger charge is 2.08. The van der Waals surface area contributed by atoms with Gasteiger partial charge in [0.05, 0.1) is 0 Å². The van der Waals surface area contributed by atoms with E-state index in [4.69, 9.17) is 0 Å². The Kier molecular flexibility index (Phi) is 1.89. The summed E-state index contributed by atoms with van der Waals surface area (Å²) in [5, 5.41) is 1.14. The number of carbonyl (C=O) groups is 1. The highest BCUT2D eigenvalue weighted by molar-refractivity contribution is 5.86. The molecule has 66 valence electrons. The van der Waals surface area contributed by atoms with Crippen molar-refractivity contribution in [2.75, 3.05) is 0 Å². The third-order valence-corrected chi connectivity index (χ3v) is 2.32. The first-order chi connectivity index (χ1) is 6.33. The molecule has 0 saturated heterocycles. The molecular weight excluding hydrogens is 162 g/mol. The lowest BCUT2D eigenvalue weighted by Crippen LogP contribution is -1.91. The number of aromatic amines is 1. The molecule has 2 nitrogen and oxygen atoms in total. The van der Waals surface area contributed by atoms with Crippen molar-refractivity contribution in [2.45, 2.75) is 12.8 Å². The van der Waals surface area contributed by atoms with Crippen LogP contribution in [0.15, 0.2) is 30.5 Å². The molecule has 0 amide bonds. The van der Waals surface area contributed by atoms with Crippen LogP contribution in [0.1, 0.15) is 18.4 Å². The van der Waals surface area contributed by atoms with E-state index >= 15 is 0 Å². The van der Waals surface area contributed by atoms with Gasteiger partial charge in [0.2, 0.25) is 0 Å². The summed E-state index contributed by atoms with van der Waals surface area (Å²) < 4.78 is 0. The number of carbonyl (C=O) groups excluding carboxylic acids is 1. The molecule has 0 aliphatic rings. The van der Waals surface area contributed by atoms with Crippen LogP contribution in [0.5, 0.6) is 0 Å². The Morgan fingerprint density at radius 3 is 2.92 bits per heavy atom. The Bertz CT molecular complexity index is 430. The zero-order valence-corrected chi connectivity index (χ0v) is 7.45. The fourth-order valence-electron chi connectivity index (χ4n) is 1.54. The third kappa shape index (κ3) is 1.24. The summed E-state index contributed by atoms with van der Waals surface area (Å²) in [6.45, 7) is 1.91. The van der Waals surface area contributed by atoms with Crippen LogP contribution >= 0.6 is 0 Å². The van der Waals surface area contributed by atoms with Crippen molar-refractivity contribution in [2.24, 2.45) is 0 Å². The Morgan fingerprint density at radius 1 is 1.38 bits per heavy atom. The van der Waals surface area contributed by atoms with Crippen LogP contribution in [0.25, 0.3) is 10.9 Å². The van der Waals surface area contributed by atoms with Crippen LogP contribution in [0.3, 0.4) is 0 Å². The number of H-pyrrole nitrogens is 1. The van der Waals surface area contributed by atoms with E-state index in [1.165, 1.54) is 0 Å². The van der Waals surface area contributed by atoms with Crippen molar-refractivity contribution in [3.05, 3.63) is 36.0 Å². The van der Waals surface area contributed by atoms with Gasteiger partial charge in [-0.3, -0.25) is 0 Å². The number of hydrogen-bond acceptors (Lipinski definition) is 1. The van der Waals surface area contributed by atoms with Gasteiger partial charge in [-0.05, 0) is 11.6 Å². The molecule has 1 N–H and O–H groups in total. The van der Waals surface area contributed by atoms with Crippen LogP contribution in [0.2, 0.25) is 0 Å². The number of nitrogens with one attached hydrogen (secondary N) is 1. The van der Waals surface area contributed by atoms with E-state index in [1.807, 2.05) is 37.4 Å². The van der Waals surface area contributed by atoms with E-state index in [0.717, 1.165) is 22.8 Å². The molecule has 0 spiro atoms. The van der Waals surface area contributed by atoms with Crippen molar-refractivity contribution in [3.63, 3.8) is 0 Å². The van der Waals surface area contributed by atoms with Crippen LogP contribution in [-0.4, -0.2) is 11.3 Å². The van der Waals surface area contributed by atoms with E-state index in [2.05, 4.69) is 4.98 Å². The first-order valence-electron chi connectivity index (χ1n) is 4.34. The standard InChI is InChI=1S/C11H11NO/c1-8(7-13)10-6-12-11-5-3-2-4-9(10)11/h2-8,12H,1H3/t8-/m1/s1. The molecule has 0 radical (unpaired) electrons. The minimum absolute atomic E-state index is 0.0313. The monoisotopic (exact) mass is 173 g/mol. The molecule has 1 aromatic carbocycles. The van der Waals surface area contributed by atoms with Gasteiger partial charge in [-0.2, -0.15) is 0 Å². The van der Waals surface area contributed by atoms with Gasteiger partial charge in [0.1, 0.15) is 6.29 Å². The minimum atomic E-state index is -0.0313. The third-order valence-electron chi connectivity index (χ3n) is 2.32. The normalized spacial score (nSPS) is 13.0. The molecule has 2 heteroatoms. The van der Waals surface area contributed by atoms with E-state index < -0.39 is 0 Å². The van der Waals surface area contributed by atoms with E-state index in [1.54, 1.807) is 0 Å². The number of rotatable bonds is 2. The van der Waals surface area contributed by atoms with E-state index in [0.29, 0.717) is 0 Å². The number of hydrogen-bond donors (Lipinski definition) is 1. The second kappa shape index (κ2) is 3.05. The number of fused-ring (bicyclic) bond motifs is 1. The molecule has 1 heterocycles. The first kappa shape index (κ1) is 8.05. The molecule has 0 unspecified atom stereocenters. The van der Waals surface area contributed by atoms with Crippen molar-refractivity contribution in [1.29, 1.82) is 0 Å². The maximum absolute atomic E-state index is 10.6. The quantitative estimate of drug-likeness (QED) is 0.695. The molecule has 0 saturated carbocycles. The van der Waals surface area contributed by atoms with Crippen LogP contribution in [0, 0.1) is 0 Å². The Morgan fingerprint density at radius 2 is 2.15 bits per heavy atom. The predicted molar refractivity (Wildman–Crippen MR) is 52.8 cm³/mol. The fraction of sp³-hybridized carbons (Fsp3) is 0.182. The van der Waals surface area contributed by atoms with Gasteiger partial charge < -0.3 is 9.78 Å². The summed E-state index contributed by atoms with van der Waals surface area (Å²) in [5.74, 6) is -0.0313. The second-order valence-corrected chi connectivity index (χ2v) is 3.21. The smallest absolute Gasteiger partial charge is 0.127 e. The summed E-state index contributed by atoms with van der Waals surface area (Å²) in [4.78, 5) is 13.8. The van der Waals surface area contributed by atoms with Crippen molar-refractivity contribution >= 4 is 17.2 Å². The van der Waals surface area contributed by atoms with Gasteiger partial charge in [0.15, 0.2) is 0 Å². The SMILES string of the molecule is C[C@H](C=O)c1c[nH]c2ccccc12. The molecular formula is C11H11NO. The van der Waals surface area contributed by atoms with Gasteiger partial charge in [-0.25, -0.2) is 0 Å². The van der Waals surface area contributed by atoms with E-state index in [-0.39, 0.29) is 5.92 Å². The number of para-hydroxylation sites is 1. The minimum Gasteiger partial charge on any atom is -0.361 e. The zero-order valence-electron chi connectivity index (χ0n) is 7.45. The molecule has 2 rings (SSSR count). The fourth-order valence-corrected chi connectivity index (χ4v) is 1.54. The Labute approximate surface area is 76.6 Å². The van der Waals surface area contributed by atoms with Crippen molar-refractivity contribution in [3.8, 4) is 0 Å². The van der Waals surface area contributed by atoms with Gasteiger partial charge in [-0.15, -0.1) is 0 Å². The average molecular weight is 173 g/mol. The zero-order chi connectivity index (χ0) is 9.26. The van der Waals surface area contributed by atoms with Gasteiger partial charge in [-0.1, -0.05) is 25.1 Å². The Hall–Kier alpha value is -1.57. The lowest BCUT2D eigenvalue weighted by Gasteiger charge is -1.99. The summed E-state index contributed by atoms with van der Waals surface area (Å²) in [7, 11) is 0. The number of aldehydes is 1. The highest BCUT2D eigenvalue weighted by Crippen LogP contribution is 2.23. The summed E-state index contributed by atoms with van der Waals surface area (Å²) in [5.41, 5.74) is 2.16. The second-order valence-electron chi connectivity index (χ2n) is 3.21. The van der Waals surface area contributed by atoms with Gasteiger partial charge in [0, 0.05) is 23.0 Å². The van der Waals surface area contributed by atoms with Crippen LogP contribution < -0.4 is 0 Å². The largest absolute Gasteiger partial charge is 0.361 e. The maximum atomic E-state index is 10.6. The lowest BCUT2D eigenvalue weighted by molar-refractivity contribution is -0.108. The molecule has 1 atom stereocenters. The average Bonchev–Trinajstić information content (AvgIpc) is 2.60. The summed E-state index contributed by atoms with van der Waals surface area (Å²) >= 11 is 0. The van der Waals surface area contributed by atoms with E-state index in [9.17, 15) is 4.79 Å². The van der Waals surface area contributed by atoms with Crippen LogP contribution in [-0.2, 0) is 4.79 Å². The number of benzene rings is 1. The summed E-state index contributed by atoms with van der Waals surface area (Å²) in [6.07, 6.45) is 2.87. The van der Waals surface area contributed by atoms with Crippen molar-refractivity contribution in [1.82, 2.24) is 4.98 Å². The molecule has 0 aliphatic heterocycles. The summed E-state index contributed by atoms with van der Waals surface area (Å²) in [6, 6.07) is 8.00. The highest BCUT2D eigenvalue weighted by atomic mass is 16.1. The van der Waals surface area contributed by atoms with Crippen LogP contribution in [0.4, 0.5) is 0 Å². The van der Waals surface area contributed by atoms with Gasteiger partial charge in [0.25, 0.3) is 0 Å². The van der Waals surface area contributed by atoms with Crippen molar-refractivity contribution < 1.29 is 4.79 Å². The van der Waals surface area contributed by atoms with Gasteiger partial charge >= 0.3 is 0 Å². The molecule has 13 heavy (non-hydrogen) atoms. The molecule has 2 aromatic rings. The molecule has 0 fully saturated rings.